The van der Waals surface area contributed by atoms with Crippen molar-refractivity contribution < 1.29 is 49.2 Å². The third-order valence-electron chi connectivity index (χ3n) is 8.59. The van der Waals surface area contributed by atoms with Crippen LogP contribution in [-0.4, -0.2) is 95.7 Å². The van der Waals surface area contributed by atoms with E-state index in [-0.39, 0.29) is 72.8 Å². The van der Waals surface area contributed by atoms with Gasteiger partial charge >= 0.3 is 49.7 Å². The first kappa shape index (κ1) is 41.7. The largest absolute Gasteiger partial charge is 2.00 e. The van der Waals surface area contributed by atoms with Crippen LogP contribution in [0.25, 0.3) is 21.5 Å². The van der Waals surface area contributed by atoms with Gasteiger partial charge in [-0.05, 0) is 69.8 Å². The van der Waals surface area contributed by atoms with Crippen LogP contribution in [0.3, 0.4) is 0 Å². The minimum atomic E-state index is -1.44. The van der Waals surface area contributed by atoms with Crippen LogP contribution in [-0.2, 0) is 22.4 Å². The van der Waals surface area contributed by atoms with Crippen molar-refractivity contribution in [3.8, 4) is 0 Å². The molecule has 2 atom stereocenters. The molecule has 0 bridgehead atoms. The van der Waals surface area contributed by atoms with E-state index >= 15 is 0 Å². The average molecular weight is 765 g/mol. The van der Waals surface area contributed by atoms with E-state index < -0.39 is 47.8 Å². The summed E-state index contributed by atoms with van der Waals surface area (Å²) in [4.78, 5) is 70.7. The van der Waals surface area contributed by atoms with Gasteiger partial charge in [0, 0.05) is 0 Å². The second kappa shape index (κ2) is 19.3. The summed E-state index contributed by atoms with van der Waals surface area (Å²) in [5.41, 5.74) is 0.890. The number of amides is 2. The fourth-order valence-electron chi connectivity index (χ4n) is 5.97. The minimum absolute atomic E-state index is 0. The molecule has 0 aliphatic carbocycles. The summed E-state index contributed by atoms with van der Waals surface area (Å²) in [6.45, 7) is 0. The standard InChI is InChI=1S/2C21H17NO5.Ca/c2*23-19(16-10-3-4-11-17(16)20(24)25)22-18(21(26)27)12-14-8-5-7-13-6-1-2-9-15(13)14;/h2*1-11,18H,12H2,(H,22,23)(H,24,25)(H,26,27);/q;;+2/p-2. The van der Waals surface area contributed by atoms with Crippen LogP contribution < -0.4 is 20.8 Å². The fourth-order valence-corrected chi connectivity index (χ4v) is 5.97. The first-order valence-corrected chi connectivity index (χ1v) is 16.6. The summed E-state index contributed by atoms with van der Waals surface area (Å²) in [5.74, 6) is -6.96. The molecule has 0 saturated heterocycles. The van der Waals surface area contributed by atoms with Gasteiger partial charge in [0.15, 0.2) is 0 Å². The Balaban J connectivity index is 0.000000240. The van der Waals surface area contributed by atoms with E-state index in [2.05, 4.69) is 10.6 Å². The number of carboxylic acid groups (broad SMARTS) is 4. The van der Waals surface area contributed by atoms with Gasteiger partial charge in [-0.2, -0.15) is 0 Å². The zero-order valence-corrected chi connectivity index (χ0v) is 31.3. The van der Waals surface area contributed by atoms with Crippen molar-refractivity contribution in [1.29, 1.82) is 0 Å². The molecule has 6 rings (SSSR count). The minimum Gasteiger partial charge on any atom is -0.548 e. The Hall–Kier alpha value is -6.08. The van der Waals surface area contributed by atoms with Crippen LogP contribution in [0.5, 0.6) is 0 Å². The molecule has 0 aromatic heterocycles. The van der Waals surface area contributed by atoms with Crippen molar-refractivity contribution in [2.24, 2.45) is 0 Å². The number of aliphatic carboxylic acids is 2. The molecule has 272 valence electrons. The van der Waals surface area contributed by atoms with E-state index in [0.717, 1.165) is 32.7 Å². The second-order valence-corrected chi connectivity index (χ2v) is 12.1. The summed E-state index contributed by atoms with van der Waals surface area (Å²) >= 11 is 0. The molecular formula is C42H32CaN2O10. The SMILES string of the molecule is O=C(O)c1ccccc1C(=O)NC(Cc1cccc2ccccc12)C(=O)[O-].O=C(O)c1ccccc1C(=O)NC(Cc1cccc2ccccc12)C(=O)[O-].[Ca+2]. The fraction of sp³-hybridized carbons (Fsp3) is 0.0952. The van der Waals surface area contributed by atoms with Crippen LogP contribution in [0, 0.1) is 0 Å². The number of nitrogens with one attached hydrogen (secondary N) is 2. The van der Waals surface area contributed by atoms with E-state index in [1.807, 2.05) is 72.8 Å². The Labute approximate surface area is 344 Å². The Kier molecular flexibility index (Phi) is 14.6. The molecule has 12 nitrogen and oxygen atoms in total. The molecule has 0 saturated carbocycles. The van der Waals surface area contributed by atoms with Crippen molar-refractivity contribution in [2.45, 2.75) is 24.9 Å². The second-order valence-electron chi connectivity index (χ2n) is 12.1. The summed E-state index contributed by atoms with van der Waals surface area (Å²) in [6.07, 6.45) is 0.0370. The smallest absolute Gasteiger partial charge is 0.548 e. The van der Waals surface area contributed by atoms with Crippen molar-refractivity contribution in [3.63, 3.8) is 0 Å². The summed E-state index contributed by atoms with van der Waals surface area (Å²) in [7, 11) is 0. The van der Waals surface area contributed by atoms with Crippen molar-refractivity contribution in [3.05, 3.63) is 167 Å². The van der Waals surface area contributed by atoms with E-state index in [4.69, 9.17) is 0 Å². The third kappa shape index (κ3) is 10.5. The maximum absolute atomic E-state index is 12.5. The molecule has 0 heterocycles. The van der Waals surface area contributed by atoms with E-state index in [1.54, 1.807) is 12.1 Å². The number of hydrogen-bond donors (Lipinski definition) is 4. The molecule has 0 radical (unpaired) electrons. The van der Waals surface area contributed by atoms with Crippen molar-refractivity contribution >= 4 is 95.0 Å². The van der Waals surface area contributed by atoms with Gasteiger partial charge in [0.25, 0.3) is 11.8 Å². The number of rotatable bonds is 12. The molecule has 6 aromatic rings. The van der Waals surface area contributed by atoms with E-state index in [1.165, 1.54) is 48.5 Å². The van der Waals surface area contributed by atoms with Gasteiger partial charge in [-0.25, -0.2) is 9.59 Å². The molecule has 55 heavy (non-hydrogen) atoms. The molecule has 0 aliphatic rings. The molecular weight excluding hydrogens is 733 g/mol. The first-order chi connectivity index (χ1) is 25.9. The number of carbonyl (C=O) groups is 6. The van der Waals surface area contributed by atoms with Gasteiger partial charge in [0.05, 0.1) is 46.3 Å². The molecule has 2 unspecified atom stereocenters. The molecule has 0 aliphatic heterocycles. The van der Waals surface area contributed by atoms with Crippen LogP contribution >= 0.6 is 0 Å². The molecule has 6 aromatic carbocycles. The predicted octanol–water partition coefficient (Wildman–Crippen LogP) is 2.88. The zero-order chi connectivity index (χ0) is 38.8. The van der Waals surface area contributed by atoms with Crippen molar-refractivity contribution in [2.75, 3.05) is 0 Å². The topological polar surface area (TPSA) is 213 Å². The Morgan fingerprint density at radius 2 is 0.764 bits per heavy atom. The monoisotopic (exact) mass is 764 g/mol. The molecule has 2 amide bonds. The summed E-state index contributed by atoms with van der Waals surface area (Å²) in [5, 5.41) is 50.0. The number of aromatic carboxylic acids is 2. The van der Waals surface area contributed by atoms with Gasteiger partial charge in [-0.15, -0.1) is 0 Å². The molecule has 0 spiro atoms. The number of benzene rings is 6. The van der Waals surface area contributed by atoms with Crippen LogP contribution in [0.1, 0.15) is 52.6 Å². The van der Waals surface area contributed by atoms with Crippen LogP contribution in [0.15, 0.2) is 133 Å². The van der Waals surface area contributed by atoms with E-state index in [0.29, 0.717) is 0 Å². The predicted molar refractivity (Wildman–Crippen MR) is 200 cm³/mol. The summed E-state index contributed by atoms with van der Waals surface area (Å²) in [6, 6.07) is 34.7. The van der Waals surface area contributed by atoms with Gasteiger partial charge < -0.3 is 40.6 Å². The zero-order valence-electron chi connectivity index (χ0n) is 29.1. The molecule has 0 fully saturated rings. The maximum atomic E-state index is 12.5. The number of carboxylic acids is 4. The van der Waals surface area contributed by atoms with Gasteiger partial charge in [0.2, 0.25) is 0 Å². The quantitative estimate of drug-likeness (QED) is 0.134. The molecule has 4 N–H and O–H groups in total. The third-order valence-corrected chi connectivity index (χ3v) is 8.59. The Morgan fingerprint density at radius 3 is 1.11 bits per heavy atom. The van der Waals surface area contributed by atoms with Gasteiger partial charge in [0.1, 0.15) is 0 Å². The van der Waals surface area contributed by atoms with Crippen LogP contribution in [0.2, 0.25) is 0 Å². The van der Waals surface area contributed by atoms with Gasteiger partial charge in [-0.3, -0.25) is 9.59 Å². The Bertz CT molecular complexity index is 2220. The average Bonchev–Trinajstić information content (AvgIpc) is 3.17. The molecule has 13 heteroatoms. The van der Waals surface area contributed by atoms with Crippen LogP contribution in [0.4, 0.5) is 0 Å². The Morgan fingerprint density at radius 1 is 0.455 bits per heavy atom. The normalized spacial score (nSPS) is 11.5. The van der Waals surface area contributed by atoms with E-state index in [9.17, 15) is 49.2 Å². The first-order valence-electron chi connectivity index (χ1n) is 16.6. The number of hydrogen-bond acceptors (Lipinski definition) is 8. The number of carbonyl (C=O) groups excluding carboxylic acids is 4. The van der Waals surface area contributed by atoms with Crippen molar-refractivity contribution in [1.82, 2.24) is 10.6 Å². The van der Waals surface area contributed by atoms with Gasteiger partial charge in [-0.1, -0.05) is 109 Å². The summed E-state index contributed by atoms with van der Waals surface area (Å²) < 4.78 is 0. The number of fused-ring (bicyclic) bond motifs is 2. The maximum Gasteiger partial charge on any atom is 2.00 e.